The van der Waals surface area contributed by atoms with Crippen molar-refractivity contribution in [1.29, 1.82) is 0 Å². The molecule has 102 valence electrons. The van der Waals surface area contributed by atoms with Crippen LogP contribution in [0.25, 0.3) is 0 Å². The minimum atomic E-state index is -0.358. The zero-order valence-corrected chi connectivity index (χ0v) is 12.2. The summed E-state index contributed by atoms with van der Waals surface area (Å²) in [6.07, 6.45) is 2.49. The summed E-state index contributed by atoms with van der Waals surface area (Å²) in [5, 5.41) is 0. The fourth-order valence-corrected chi connectivity index (χ4v) is 2.53. The molecule has 0 unspecified atom stereocenters. The smallest absolute Gasteiger partial charge is 0.399 e. The minimum absolute atomic E-state index is 0.320. The third-order valence-corrected chi connectivity index (χ3v) is 4.70. The third kappa shape index (κ3) is 2.07. The van der Waals surface area contributed by atoms with Crippen LogP contribution in [-0.4, -0.2) is 18.3 Å². The molecular weight excluding hydrogens is 237 g/mol. The van der Waals surface area contributed by atoms with E-state index in [1.165, 1.54) is 18.4 Å². The summed E-state index contributed by atoms with van der Waals surface area (Å²) in [6.45, 7) is 8.25. The van der Waals surface area contributed by atoms with E-state index in [4.69, 9.17) is 15.0 Å². The fraction of sp³-hybridized carbons (Fsp3) is 0.600. The first-order chi connectivity index (χ1) is 8.82. The van der Waals surface area contributed by atoms with E-state index in [1.807, 2.05) is 6.07 Å². The zero-order valence-electron chi connectivity index (χ0n) is 12.2. The molecule has 1 saturated heterocycles. The van der Waals surface area contributed by atoms with Crippen molar-refractivity contribution in [2.75, 3.05) is 5.73 Å². The SMILES string of the molecule is CC1(C)OB(c2cccc(C3CC3)c2N)OC1(C)C. The number of hydrogen-bond donors (Lipinski definition) is 1. The van der Waals surface area contributed by atoms with Crippen molar-refractivity contribution < 1.29 is 9.31 Å². The van der Waals surface area contributed by atoms with Crippen LogP contribution in [0.5, 0.6) is 0 Å². The molecule has 3 rings (SSSR count). The van der Waals surface area contributed by atoms with E-state index in [1.54, 1.807) is 0 Å². The van der Waals surface area contributed by atoms with Gasteiger partial charge in [0.1, 0.15) is 0 Å². The number of para-hydroxylation sites is 1. The highest BCUT2D eigenvalue weighted by Gasteiger charge is 2.52. The molecular formula is C15H22BNO2. The first kappa shape index (κ1) is 13.0. The van der Waals surface area contributed by atoms with E-state index in [9.17, 15) is 0 Å². The highest BCUT2D eigenvalue weighted by Crippen LogP contribution is 2.43. The van der Waals surface area contributed by atoms with E-state index < -0.39 is 0 Å². The Bertz CT molecular complexity index is 493. The Morgan fingerprint density at radius 1 is 1.11 bits per heavy atom. The largest absolute Gasteiger partial charge is 0.496 e. The Labute approximate surface area is 115 Å². The number of nitrogens with two attached hydrogens (primary N) is 1. The molecule has 3 nitrogen and oxygen atoms in total. The molecule has 4 heteroatoms. The van der Waals surface area contributed by atoms with E-state index in [0.29, 0.717) is 5.92 Å². The second-order valence-corrected chi connectivity index (χ2v) is 6.71. The van der Waals surface area contributed by atoms with Crippen molar-refractivity contribution >= 4 is 18.3 Å². The second-order valence-electron chi connectivity index (χ2n) is 6.71. The highest BCUT2D eigenvalue weighted by molar-refractivity contribution is 6.64. The predicted molar refractivity (Wildman–Crippen MR) is 78.5 cm³/mol. The maximum absolute atomic E-state index is 6.32. The van der Waals surface area contributed by atoms with Crippen molar-refractivity contribution in [1.82, 2.24) is 0 Å². The van der Waals surface area contributed by atoms with Crippen LogP contribution in [0.4, 0.5) is 5.69 Å². The molecule has 19 heavy (non-hydrogen) atoms. The summed E-state index contributed by atoms with van der Waals surface area (Å²) in [6, 6.07) is 6.20. The summed E-state index contributed by atoms with van der Waals surface area (Å²) < 4.78 is 12.2. The standard InChI is InChI=1S/C15H22BNO2/c1-14(2)15(3,4)19-16(18-14)12-7-5-6-11(13(12)17)10-8-9-10/h5-7,10H,8-9,17H2,1-4H3. The molecule has 0 radical (unpaired) electrons. The molecule has 2 N–H and O–H groups in total. The summed E-state index contributed by atoms with van der Waals surface area (Å²) >= 11 is 0. The zero-order chi connectivity index (χ0) is 13.8. The molecule has 2 fully saturated rings. The van der Waals surface area contributed by atoms with Gasteiger partial charge in [0.2, 0.25) is 0 Å². The molecule has 0 atom stereocenters. The van der Waals surface area contributed by atoms with E-state index in [0.717, 1.165) is 11.2 Å². The second kappa shape index (κ2) is 4.00. The lowest BCUT2D eigenvalue weighted by atomic mass is 9.76. The molecule has 1 aliphatic heterocycles. The van der Waals surface area contributed by atoms with Crippen molar-refractivity contribution in [3.63, 3.8) is 0 Å². The lowest BCUT2D eigenvalue weighted by Gasteiger charge is -2.32. The fourth-order valence-electron chi connectivity index (χ4n) is 2.53. The number of anilines is 1. The molecule has 1 heterocycles. The van der Waals surface area contributed by atoms with Crippen molar-refractivity contribution in [2.45, 2.75) is 57.7 Å². The highest BCUT2D eigenvalue weighted by atomic mass is 16.7. The van der Waals surface area contributed by atoms with Crippen LogP contribution >= 0.6 is 0 Å². The van der Waals surface area contributed by atoms with Gasteiger partial charge in [0, 0.05) is 11.2 Å². The molecule has 0 aromatic heterocycles. The molecule has 0 bridgehead atoms. The average Bonchev–Trinajstić information content (AvgIpc) is 3.08. The lowest BCUT2D eigenvalue weighted by molar-refractivity contribution is 0.00578. The van der Waals surface area contributed by atoms with E-state index in [2.05, 4.69) is 39.8 Å². The van der Waals surface area contributed by atoms with Crippen LogP contribution in [0, 0.1) is 0 Å². The minimum Gasteiger partial charge on any atom is -0.399 e. The molecule has 1 saturated carbocycles. The van der Waals surface area contributed by atoms with Crippen LogP contribution in [0.2, 0.25) is 0 Å². The van der Waals surface area contributed by atoms with Gasteiger partial charge in [0.15, 0.2) is 0 Å². The molecule has 1 aromatic rings. The van der Waals surface area contributed by atoms with Gasteiger partial charge in [-0.05, 0) is 52.0 Å². The van der Waals surface area contributed by atoms with E-state index in [-0.39, 0.29) is 18.3 Å². The quantitative estimate of drug-likeness (QED) is 0.655. The first-order valence-corrected chi connectivity index (χ1v) is 7.06. The summed E-state index contributed by atoms with van der Waals surface area (Å²) in [7, 11) is -0.358. The summed E-state index contributed by atoms with van der Waals surface area (Å²) in [4.78, 5) is 0. The van der Waals surface area contributed by atoms with E-state index >= 15 is 0 Å². The molecule has 0 spiro atoms. The number of hydrogen-bond acceptors (Lipinski definition) is 3. The topological polar surface area (TPSA) is 44.5 Å². The Morgan fingerprint density at radius 2 is 1.68 bits per heavy atom. The predicted octanol–water partition coefficient (Wildman–Crippen LogP) is 2.45. The maximum Gasteiger partial charge on any atom is 0.496 e. The van der Waals surface area contributed by atoms with Gasteiger partial charge in [-0.2, -0.15) is 0 Å². The molecule has 1 aromatic carbocycles. The van der Waals surface area contributed by atoms with Crippen LogP contribution in [0.1, 0.15) is 52.0 Å². The van der Waals surface area contributed by atoms with Gasteiger partial charge in [-0.15, -0.1) is 0 Å². The van der Waals surface area contributed by atoms with Gasteiger partial charge in [0.05, 0.1) is 11.2 Å². The monoisotopic (exact) mass is 259 g/mol. The van der Waals surface area contributed by atoms with Crippen molar-refractivity contribution in [2.24, 2.45) is 0 Å². The van der Waals surface area contributed by atoms with Gasteiger partial charge in [0.25, 0.3) is 0 Å². The number of rotatable bonds is 2. The van der Waals surface area contributed by atoms with Crippen LogP contribution in [0.15, 0.2) is 18.2 Å². The van der Waals surface area contributed by atoms with Crippen LogP contribution < -0.4 is 11.2 Å². The van der Waals surface area contributed by atoms with Crippen molar-refractivity contribution in [3.8, 4) is 0 Å². The van der Waals surface area contributed by atoms with Gasteiger partial charge >= 0.3 is 7.12 Å². The van der Waals surface area contributed by atoms with Gasteiger partial charge in [-0.1, -0.05) is 18.2 Å². The Morgan fingerprint density at radius 3 is 2.21 bits per heavy atom. The first-order valence-electron chi connectivity index (χ1n) is 7.06. The molecule has 2 aliphatic rings. The van der Waals surface area contributed by atoms with Gasteiger partial charge in [-0.25, -0.2) is 0 Å². The maximum atomic E-state index is 6.32. The Kier molecular flexibility index (Phi) is 2.74. The van der Waals surface area contributed by atoms with Crippen LogP contribution in [-0.2, 0) is 9.31 Å². The third-order valence-electron chi connectivity index (χ3n) is 4.70. The normalized spacial score (nSPS) is 24.7. The number of benzene rings is 1. The summed E-state index contributed by atoms with van der Waals surface area (Å²) in [5.41, 5.74) is 8.76. The molecule has 1 aliphatic carbocycles. The molecule has 0 amide bonds. The Hall–Kier alpha value is -0.995. The Balaban J connectivity index is 1.94. The number of nitrogen functional groups attached to an aromatic ring is 1. The van der Waals surface area contributed by atoms with Gasteiger partial charge < -0.3 is 15.0 Å². The lowest BCUT2D eigenvalue weighted by Crippen LogP contribution is -2.41. The van der Waals surface area contributed by atoms with Crippen LogP contribution in [0.3, 0.4) is 0 Å². The average molecular weight is 259 g/mol. The van der Waals surface area contributed by atoms with Crippen molar-refractivity contribution in [3.05, 3.63) is 23.8 Å². The van der Waals surface area contributed by atoms with Gasteiger partial charge in [-0.3, -0.25) is 0 Å². The summed E-state index contributed by atoms with van der Waals surface area (Å²) in [5.74, 6) is 0.641.